The normalized spacial score (nSPS) is 16.1. The molecule has 0 bridgehead atoms. The van der Waals surface area contributed by atoms with Crippen LogP contribution in [0.5, 0.6) is 0 Å². The van der Waals surface area contributed by atoms with Crippen molar-refractivity contribution in [1.29, 1.82) is 0 Å². The Bertz CT molecular complexity index is 831. The Morgan fingerprint density at radius 3 is 2.57 bits per heavy atom. The van der Waals surface area contributed by atoms with E-state index in [1.807, 2.05) is 6.07 Å². The highest BCUT2D eigenvalue weighted by Gasteiger charge is 2.24. The van der Waals surface area contributed by atoms with Crippen LogP contribution in [0.25, 0.3) is 0 Å². The molecule has 0 aliphatic carbocycles. The molecule has 1 saturated heterocycles. The standard InChI is InChI=1S/C23H29FN4O.HI/c1-25-23(28-13-10-20(17-28)14-18-6-3-2-4-7-18)27-12-11-26-22(29)16-19-8-5-9-21(24)15-19;/h2-9,15,20H,10-14,16-17H2,1H3,(H,25,27)(H,26,29);1H. The molecular formula is C23H30FIN4O. The van der Waals surface area contributed by atoms with Crippen molar-refractivity contribution in [3.05, 3.63) is 71.5 Å². The van der Waals surface area contributed by atoms with Crippen LogP contribution in [0.3, 0.4) is 0 Å². The molecule has 2 aromatic rings. The second kappa shape index (κ2) is 12.5. The number of guanidine groups is 1. The van der Waals surface area contributed by atoms with Crippen molar-refractivity contribution in [2.75, 3.05) is 33.2 Å². The van der Waals surface area contributed by atoms with E-state index in [4.69, 9.17) is 0 Å². The fraction of sp³-hybridized carbons (Fsp3) is 0.391. The number of halogens is 2. The van der Waals surface area contributed by atoms with Crippen molar-refractivity contribution in [3.8, 4) is 0 Å². The second-order valence-corrected chi connectivity index (χ2v) is 7.42. The maximum atomic E-state index is 13.2. The first-order valence-electron chi connectivity index (χ1n) is 10.1. The van der Waals surface area contributed by atoms with E-state index in [0.717, 1.165) is 31.9 Å². The van der Waals surface area contributed by atoms with Crippen molar-refractivity contribution in [2.24, 2.45) is 10.9 Å². The van der Waals surface area contributed by atoms with E-state index in [-0.39, 0.29) is 42.1 Å². The highest BCUT2D eigenvalue weighted by Crippen LogP contribution is 2.20. The molecule has 162 valence electrons. The van der Waals surface area contributed by atoms with Gasteiger partial charge in [0.25, 0.3) is 0 Å². The molecule has 5 nitrogen and oxygen atoms in total. The Morgan fingerprint density at radius 1 is 1.10 bits per heavy atom. The van der Waals surface area contributed by atoms with Crippen LogP contribution >= 0.6 is 24.0 Å². The third kappa shape index (κ3) is 7.59. The van der Waals surface area contributed by atoms with Crippen LogP contribution in [0.1, 0.15) is 17.5 Å². The van der Waals surface area contributed by atoms with E-state index in [1.165, 1.54) is 17.7 Å². The van der Waals surface area contributed by atoms with Crippen LogP contribution in [0.2, 0.25) is 0 Å². The smallest absolute Gasteiger partial charge is 0.224 e. The summed E-state index contributed by atoms with van der Waals surface area (Å²) in [6.07, 6.45) is 2.42. The maximum Gasteiger partial charge on any atom is 0.224 e. The molecule has 0 radical (unpaired) electrons. The van der Waals surface area contributed by atoms with Gasteiger partial charge in [-0.3, -0.25) is 9.79 Å². The van der Waals surface area contributed by atoms with Crippen molar-refractivity contribution < 1.29 is 9.18 Å². The van der Waals surface area contributed by atoms with Crippen LogP contribution in [0, 0.1) is 11.7 Å². The molecule has 0 spiro atoms. The van der Waals surface area contributed by atoms with Crippen molar-refractivity contribution in [1.82, 2.24) is 15.5 Å². The molecular weight excluding hydrogens is 494 g/mol. The number of carbonyl (C=O) groups excluding carboxylic acids is 1. The first kappa shape index (κ1) is 24.1. The van der Waals surface area contributed by atoms with Crippen LogP contribution in [0.15, 0.2) is 59.6 Å². The average molecular weight is 524 g/mol. The Kier molecular flexibility index (Phi) is 10.1. The van der Waals surface area contributed by atoms with Crippen molar-refractivity contribution >= 4 is 35.8 Å². The van der Waals surface area contributed by atoms with Gasteiger partial charge in [-0.05, 0) is 42.0 Å². The number of hydrogen-bond donors (Lipinski definition) is 2. The fourth-order valence-corrected chi connectivity index (χ4v) is 3.74. The summed E-state index contributed by atoms with van der Waals surface area (Å²) in [5.74, 6) is 1.07. The Balaban J connectivity index is 0.00000320. The summed E-state index contributed by atoms with van der Waals surface area (Å²) >= 11 is 0. The highest BCUT2D eigenvalue weighted by molar-refractivity contribution is 14.0. The van der Waals surface area contributed by atoms with Gasteiger partial charge in [-0.25, -0.2) is 4.39 Å². The number of nitrogens with one attached hydrogen (secondary N) is 2. The lowest BCUT2D eigenvalue weighted by Gasteiger charge is -2.22. The van der Waals surface area contributed by atoms with E-state index >= 15 is 0 Å². The predicted octanol–water partition coefficient (Wildman–Crippen LogP) is 3.24. The summed E-state index contributed by atoms with van der Waals surface area (Å²) in [4.78, 5) is 18.7. The predicted molar refractivity (Wildman–Crippen MR) is 130 cm³/mol. The molecule has 2 aromatic carbocycles. The molecule has 1 atom stereocenters. The minimum absolute atomic E-state index is 0. The van der Waals surface area contributed by atoms with E-state index in [1.54, 1.807) is 19.2 Å². The molecule has 30 heavy (non-hydrogen) atoms. The third-order valence-electron chi connectivity index (χ3n) is 5.15. The second-order valence-electron chi connectivity index (χ2n) is 7.42. The van der Waals surface area contributed by atoms with Gasteiger partial charge in [0.2, 0.25) is 5.91 Å². The van der Waals surface area contributed by atoms with Gasteiger partial charge in [0.1, 0.15) is 5.82 Å². The Hall–Kier alpha value is -2.16. The van der Waals surface area contributed by atoms with Gasteiger partial charge in [0, 0.05) is 33.2 Å². The van der Waals surface area contributed by atoms with Crippen LogP contribution in [-0.2, 0) is 17.6 Å². The third-order valence-corrected chi connectivity index (χ3v) is 5.15. The van der Waals surface area contributed by atoms with Crippen molar-refractivity contribution in [3.63, 3.8) is 0 Å². The quantitative estimate of drug-likeness (QED) is 0.253. The van der Waals surface area contributed by atoms with Crippen LogP contribution in [-0.4, -0.2) is 50.0 Å². The highest BCUT2D eigenvalue weighted by atomic mass is 127. The Morgan fingerprint density at radius 2 is 1.83 bits per heavy atom. The summed E-state index contributed by atoms with van der Waals surface area (Å²) in [7, 11) is 1.79. The lowest BCUT2D eigenvalue weighted by atomic mass is 9.99. The molecule has 1 unspecified atom stereocenters. The van der Waals surface area contributed by atoms with E-state index in [0.29, 0.717) is 24.6 Å². The number of amides is 1. The zero-order chi connectivity index (χ0) is 20.5. The minimum Gasteiger partial charge on any atom is -0.354 e. The Labute approximate surface area is 195 Å². The average Bonchev–Trinajstić information content (AvgIpc) is 3.17. The largest absolute Gasteiger partial charge is 0.354 e. The van der Waals surface area contributed by atoms with Gasteiger partial charge < -0.3 is 15.5 Å². The monoisotopic (exact) mass is 524 g/mol. The number of carbonyl (C=O) groups is 1. The minimum atomic E-state index is -0.322. The molecule has 1 fully saturated rings. The molecule has 2 N–H and O–H groups in total. The van der Waals surface area contributed by atoms with Crippen LogP contribution in [0.4, 0.5) is 4.39 Å². The lowest BCUT2D eigenvalue weighted by molar-refractivity contribution is -0.120. The first-order chi connectivity index (χ1) is 14.1. The fourth-order valence-electron chi connectivity index (χ4n) is 3.74. The maximum absolute atomic E-state index is 13.2. The summed E-state index contributed by atoms with van der Waals surface area (Å²) in [5.41, 5.74) is 2.05. The molecule has 3 rings (SSSR count). The van der Waals surface area contributed by atoms with Gasteiger partial charge in [-0.2, -0.15) is 0 Å². The molecule has 1 aliphatic rings. The summed E-state index contributed by atoms with van der Waals surface area (Å²) in [5, 5.41) is 6.19. The SMILES string of the molecule is CN=C(NCCNC(=O)Cc1cccc(F)c1)N1CCC(Cc2ccccc2)C1.I. The van der Waals surface area contributed by atoms with Gasteiger partial charge in [0.05, 0.1) is 6.42 Å². The number of benzene rings is 2. The van der Waals surface area contributed by atoms with Gasteiger partial charge >= 0.3 is 0 Å². The van der Waals surface area contributed by atoms with Gasteiger partial charge in [-0.15, -0.1) is 24.0 Å². The summed E-state index contributed by atoms with van der Waals surface area (Å²) in [6, 6.07) is 16.7. The topological polar surface area (TPSA) is 56.7 Å². The molecule has 0 aromatic heterocycles. The summed E-state index contributed by atoms with van der Waals surface area (Å²) < 4.78 is 13.2. The molecule has 7 heteroatoms. The van der Waals surface area contributed by atoms with Crippen LogP contribution < -0.4 is 10.6 Å². The number of hydrogen-bond acceptors (Lipinski definition) is 2. The zero-order valence-corrected chi connectivity index (χ0v) is 19.6. The molecule has 0 saturated carbocycles. The first-order valence-corrected chi connectivity index (χ1v) is 10.1. The van der Waals surface area contributed by atoms with E-state index < -0.39 is 0 Å². The molecule has 1 amide bonds. The van der Waals surface area contributed by atoms with E-state index in [2.05, 4.69) is 44.8 Å². The van der Waals surface area contributed by atoms with Gasteiger partial charge in [-0.1, -0.05) is 42.5 Å². The van der Waals surface area contributed by atoms with E-state index in [9.17, 15) is 9.18 Å². The molecule has 1 heterocycles. The lowest BCUT2D eigenvalue weighted by Crippen LogP contribution is -2.43. The summed E-state index contributed by atoms with van der Waals surface area (Å²) in [6.45, 7) is 3.07. The molecule has 1 aliphatic heterocycles. The number of likely N-dealkylation sites (tertiary alicyclic amines) is 1. The number of rotatable bonds is 7. The van der Waals surface area contributed by atoms with Crippen molar-refractivity contribution in [2.45, 2.75) is 19.3 Å². The number of aliphatic imine (C=N–C) groups is 1. The van der Waals surface area contributed by atoms with Gasteiger partial charge in [0.15, 0.2) is 5.96 Å². The number of nitrogens with zero attached hydrogens (tertiary/aromatic N) is 2. The zero-order valence-electron chi connectivity index (χ0n) is 17.3.